The van der Waals surface area contributed by atoms with Gasteiger partial charge in [-0.1, -0.05) is 35.3 Å². The second-order valence-corrected chi connectivity index (χ2v) is 10.7. The van der Waals surface area contributed by atoms with Crippen LogP contribution in [0.3, 0.4) is 0 Å². The highest BCUT2D eigenvalue weighted by atomic mass is 35.5. The second-order valence-electron chi connectivity index (χ2n) is 9.90. The summed E-state index contributed by atoms with van der Waals surface area (Å²) in [6.07, 6.45) is 1.74. The standard InChI is InChI=1S/C30H32Cl2N6O5/c1-36(27(40)16-34-26(39)18-37-12-14-42-15-13-37)23-10-9-22(31)21(28(23)32)19-43-25-8-5-7-24-29(25)35-30(41-2)38(24)17-20-6-3-4-11-33-20/h3-11H,12-19H2,1-2H3,(H,34,39). The number of amides is 2. The number of ether oxygens (including phenoxy) is 3. The van der Waals surface area contributed by atoms with Gasteiger partial charge in [-0.3, -0.25) is 24.0 Å². The number of nitrogens with one attached hydrogen (secondary N) is 1. The summed E-state index contributed by atoms with van der Waals surface area (Å²) in [6.45, 7) is 3.08. The van der Waals surface area contributed by atoms with Crippen LogP contribution in [0.2, 0.25) is 10.0 Å². The summed E-state index contributed by atoms with van der Waals surface area (Å²) in [5, 5.41) is 3.35. The summed E-state index contributed by atoms with van der Waals surface area (Å²) in [7, 11) is 3.16. The van der Waals surface area contributed by atoms with Gasteiger partial charge >= 0.3 is 0 Å². The highest BCUT2D eigenvalue weighted by Gasteiger charge is 2.21. The topological polar surface area (TPSA) is 111 Å². The molecular weight excluding hydrogens is 595 g/mol. The average molecular weight is 628 g/mol. The van der Waals surface area contributed by atoms with Gasteiger partial charge in [-0.15, -0.1) is 0 Å². The molecule has 2 aromatic carbocycles. The van der Waals surface area contributed by atoms with Gasteiger partial charge in [-0.2, -0.15) is 4.98 Å². The quantitative estimate of drug-likeness (QED) is 0.268. The van der Waals surface area contributed by atoms with E-state index in [1.54, 1.807) is 38.6 Å². The van der Waals surface area contributed by atoms with Crippen molar-refractivity contribution in [2.45, 2.75) is 13.2 Å². The number of carbonyl (C=O) groups is 2. The third kappa shape index (κ3) is 7.19. The molecule has 0 bridgehead atoms. The summed E-state index contributed by atoms with van der Waals surface area (Å²) in [5.74, 6) is -0.0459. The van der Waals surface area contributed by atoms with Gasteiger partial charge in [0, 0.05) is 36.9 Å². The van der Waals surface area contributed by atoms with E-state index in [0.717, 1.165) is 11.2 Å². The number of imidazole rings is 1. The summed E-state index contributed by atoms with van der Waals surface area (Å²) in [4.78, 5) is 37.7. The first-order valence-electron chi connectivity index (χ1n) is 13.7. The fraction of sp³-hybridized carbons (Fsp3) is 0.333. The summed E-state index contributed by atoms with van der Waals surface area (Å²) < 4.78 is 19.0. The van der Waals surface area contributed by atoms with Gasteiger partial charge in [0.05, 0.1) is 61.9 Å². The zero-order valence-electron chi connectivity index (χ0n) is 23.9. The largest absolute Gasteiger partial charge is 0.486 e. The van der Waals surface area contributed by atoms with Crippen molar-refractivity contribution in [3.63, 3.8) is 0 Å². The summed E-state index contributed by atoms with van der Waals surface area (Å²) in [5.41, 5.74) is 3.23. The number of hydrogen-bond acceptors (Lipinski definition) is 8. The minimum atomic E-state index is -0.332. The third-order valence-electron chi connectivity index (χ3n) is 7.12. The molecule has 0 aliphatic carbocycles. The van der Waals surface area contributed by atoms with Crippen LogP contribution in [-0.2, 0) is 27.5 Å². The molecule has 0 unspecified atom stereocenters. The molecule has 1 N–H and O–H groups in total. The van der Waals surface area contributed by atoms with E-state index in [0.29, 0.717) is 66.4 Å². The number of morpholine rings is 1. The first-order chi connectivity index (χ1) is 20.9. The Morgan fingerprint density at radius 1 is 1.09 bits per heavy atom. The van der Waals surface area contributed by atoms with Crippen molar-refractivity contribution in [3.8, 4) is 11.8 Å². The first-order valence-corrected chi connectivity index (χ1v) is 14.5. The van der Waals surface area contributed by atoms with Gasteiger partial charge in [0.1, 0.15) is 17.9 Å². The van der Waals surface area contributed by atoms with Gasteiger partial charge in [-0.05, 0) is 36.4 Å². The number of pyridine rings is 1. The number of fused-ring (bicyclic) bond motifs is 1. The van der Waals surface area contributed by atoms with Gasteiger partial charge in [0.25, 0.3) is 6.01 Å². The fourth-order valence-electron chi connectivity index (χ4n) is 4.75. The molecule has 2 amide bonds. The van der Waals surface area contributed by atoms with Crippen LogP contribution in [0.25, 0.3) is 11.0 Å². The number of hydrogen-bond donors (Lipinski definition) is 1. The lowest BCUT2D eigenvalue weighted by Crippen LogP contribution is -2.45. The second kappa shape index (κ2) is 14.0. The lowest BCUT2D eigenvalue weighted by molar-refractivity contribution is -0.126. The predicted octanol–water partition coefficient (Wildman–Crippen LogP) is 3.79. The smallest absolute Gasteiger partial charge is 0.297 e. The Morgan fingerprint density at radius 2 is 1.91 bits per heavy atom. The van der Waals surface area contributed by atoms with E-state index in [1.165, 1.54) is 4.90 Å². The maximum absolute atomic E-state index is 12.9. The van der Waals surface area contributed by atoms with Crippen molar-refractivity contribution in [3.05, 3.63) is 76.0 Å². The van der Waals surface area contributed by atoms with Crippen LogP contribution in [0.4, 0.5) is 5.69 Å². The Kier molecular flexibility index (Phi) is 9.98. The van der Waals surface area contributed by atoms with Crippen LogP contribution in [0.5, 0.6) is 11.8 Å². The van der Waals surface area contributed by atoms with E-state index in [2.05, 4.69) is 15.3 Å². The molecule has 5 rings (SSSR count). The molecule has 1 saturated heterocycles. The number of nitrogens with zero attached hydrogens (tertiary/aromatic N) is 5. The fourth-order valence-corrected chi connectivity index (χ4v) is 5.36. The van der Waals surface area contributed by atoms with E-state index >= 15 is 0 Å². The number of halogens is 2. The van der Waals surface area contributed by atoms with Crippen LogP contribution < -0.4 is 19.7 Å². The van der Waals surface area contributed by atoms with Gasteiger partial charge in [-0.25, -0.2) is 0 Å². The molecule has 1 fully saturated rings. The number of anilines is 1. The molecule has 1 aliphatic heterocycles. The highest BCUT2D eigenvalue weighted by molar-refractivity contribution is 6.38. The van der Waals surface area contributed by atoms with Crippen LogP contribution in [0, 0.1) is 0 Å². The third-order valence-corrected chi connectivity index (χ3v) is 7.89. The lowest BCUT2D eigenvalue weighted by atomic mass is 10.2. The monoisotopic (exact) mass is 626 g/mol. The average Bonchev–Trinajstić information content (AvgIpc) is 3.38. The maximum atomic E-state index is 12.9. The maximum Gasteiger partial charge on any atom is 0.297 e. The Hall–Kier alpha value is -3.90. The van der Waals surface area contributed by atoms with Crippen LogP contribution in [-0.4, -0.2) is 84.8 Å². The van der Waals surface area contributed by atoms with E-state index in [4.69, 9.17) is 37.4 Å². The molecule has 0 spiro atoms. The van der Waals surface area contributed by atoms with E-state index in [9.17, 15) is 9.59 Å². The molecule has 2 aromatic heterocycles. The Balaban J connectivity index is 1.28. The van der Waals surface area contributed by atoms with Gasteiger partial charge in [0.2, 0.25) is 11.8 Å². The van der Waals surface area contributed by atoms with E-state index in [-0.39, 0.29) is 36.5 Å². The van der Waals surface area contributed by atoms with Crippen molar-refractivity contribution in [2.75, 3.05) is 58.5 Å². The summed E-state index contributed by atoms with van der Waals surface area (Å²) >= 11 is 13.3. The molecule has 0 atom stereocenters. The zero-order valence-corrected chi connectivity index (χ0v) is 25.4. The molecule has 226 valence electrons. The van der Waals surface area contributed by atoms with E-state index in [1.807, 2.05) is 39.8 Å². The predicted molar refractivity (Wildman–Crippen MR) is 164 cm³/mol. The molecule has 1 aliphatic rings. The molecular formula is C30H32Cl2N6O5. The van der Waals surface area contributed by atoms with Crippen LogP contribution in [0.15, 0.2) is 54.7 Å². The molecule has 0 radical (unpaired) electrons. The molecule has 4 aromatic rings. The minimum absolute atomic E-state index is 0.0261. The Bertz CT molecular complexity index is 1590. The molecule has 43 heavy (non-hydrogen) atoms. The number of benzene rings is 2. The lowest BCUT2D eigenvalue weighted by Gasteiger charge is -2.26. The van der Waals surface area contributed by atoms with Crippen LogP contribution >= 0.6 is 23.2 Å². The number of carbonyl (C=O) groups excluding carboxylic acids is 2. The van der Waals surface area contributed by atoms with Crippen molar-refractivity contribution >= 4 is 51.7 Å². The van der Waals surface area contributed by atoms with E-state index < -0.39 is 0 Å². The Morgan fingerprint density at radius 3 is 2.65 bits per heavy atom. The highest BCUT2D eigenvalue weighted by Crippen LogP contribution is 2.36. The molecule has 0 saturated carbocycles. The number of aromatic nitrogens is 3. The summed E-state index contributed by atoms with van der Waals surface area (Å²) in [6, 6.07) is 15.1. The van der Waals surface area contributed by atoms with Crippen molar-refractivity contribution in [1.29, 1.82) is 0 Å². The zero-order chi connectivity index (χ0) is 30.3. The Labute approximate surface area is 259 Å². The normalized spacial score (nSPS) is 13.6. The molecule has 3 heterocycles. The molecule has 11 nitrogen and oxygen atoms in total. The first kappa shape index (κ1) is 30.6. The van der Waals surface area contributed by atoms with Crippen LogP contribution in [0.1, 0.15) is 11.3 Å². The van der Waals surface area contributed by atoms with Crippen molar-refractivity contribution in [1.82, 2.24) is 24.8 Å². The number of likely N-dealkylation sites (N-methyl/N-ethyl adjacent to an activating group) is 1. The number of rotatable bonds is 11. The van der Waals surface area contributed by atoms with Gasteiger partial charge in [0.15, 0.2) is 0 Å². The van der Waals surface area contributed by atoms with Gasteiger partial charge < -0.3 is 24.4 Å². The molecule has 13 heteroatoms. The van der Waals surface area contributed by atoms with Crippen molar-refractivity contribution in [2.24, 2.45) is 0 Å². The number of para-hydroxylation sites is 1. The SMILES string of the molecule is COc1nc2c(OCc3c(Cl)ccc(N(C)C(=O)CNC(=O)CN4CCOCC4)c3Cl)cccc2n1Cc1ccccn1. The van der Waals surface area contributed by atoms with Crippen molar-refractivity contribution < 1.29 is 23.8 Å². The number of methoxy groups -OCH3 is 1. The minimum Gasteiger partial charge on any atom is -0.486 e.